The SMILES string of the molecule is CC1CNCCN1C(=O)OC1CCN(c2ccc(-c3ccc(OCc4ccccc4)nc3OCc3ccccc3)nc2)CC1. The van der Waals surface area contributed by atoms with Gasteiger partial charge in [0.25, 0.3) is 0 Å². The molecule has 44 heavy (non-hydrogen) atoms. The van der Waals surface area contributed by atoms with Gasteiger partial charge in [-0.25, -0.2) is 4.79 Å². The van der Waals surface area contributed by atoms with Crippen LogP contribution in [-0.4, -0.2) is 65.8 Å². The van der Waals surface area contributed by atoms with E-state index in [9.17, 15) is 4.79 Å². The van der Waals surface area contributed by atoms with E-state index >= 15 is 0 Å². The van der Waals surface area contributed by atoms with E-state index in [1.165, 1.54) is 0 Å². The van der Waals surface area contributed by atoms with Crippen LogP contribution in [0.1, 0.15) is 30.9 Å². The number of hydrogen-bond donors (Lipinski definition) is 1. The lowest BCUT2D eigenvalue weighted by atomic mass is 10.1. The Bertz CT molecular complexity index is 1500. The summed E-state index contributed by atoms with van der Waals surface area (Å²) >= 11 is 0. The molecule has 228 valence electrons. The maximum absolute atomic E-state index is 12.7. The molecule has 0 saturated carbocycles. The highest BCUT2D eigenvalue weighted by Gasteiger charge is 2.29. The fourth-order valence-corrected chi connectivity index (χ4v) is 5.55. The second kappa shape index (κ2) is 14.2. The van der Waals surface area contributed by atoms with Gasteiger partial charge in [-0.2, -0.15) is 4.98 Å². The van der Waals surface area contributed by atoms with Gasteiger partial charge < -0.3 is 29.3 Å². The second-order valence-electron chi connectivity index (χ2n) is 11.3. The number of anilines is 1. The lowest BCUT2D eigenvalue weighted by Gasteiger charge is -2.37. The number of piperidine rings is 1. The maximum atomic E-state index is 12.7. The minimum atomic E-state index is -0.196. The standard InChI is InChI=1S/C35H39N5O4/c1-26-22-36-18-21-40(26)35(41)44-30-16-19-39(20-17-30)29-12-14-32(37-23-29)31-13-15-33(42-24-27-8-4-2-5-9-27)38-34(31)43-25-28-10-6-3-7-11-28/h2-15,23,26,30,36H,16-22,24-25H2,1H3. The molecule has 0 bridgehead atoms. The third-order valence-electron chi connectivity index (χ3n) is 8.12. The molecule has 9 nitrogen and oxygen atoms in total. The largest absolute Gasteiger partial charge is 0.473 e. The van der Waals surface area contributed by atoms with Crippen molar-refractivity contribution in [2.45, 2.75) is 45.1 Å². The van der Waals surface area contributed by atoms with Crippen molar-refractivity contribution in [2.24, 2.45) is 0 Å². The van der Waals surface area contributed by atoms with Crippen molar-refractivity contribution in [2.75, 3.05) is 37.6 Å². The van der Waals surface area contributed by atoms with Crippen LogP contribution in [0, 0.1) is 0 Å². The van der Waals surface area contributed by atoms with Crippen molar-refractivity contribution in [3.63, 3.8) is 0 Å². The van der Waals surface area contributed by atoms with Crippen LogP contribution < -0.4 is 19.7 Å². The minimum Gasteiger partial charge on any atom is -0.473 e. The van der Waals surface area contributed by atoms with Gasteiger partial charge in [0.05, 0.1) is 23.1 Å². The lowest BCUT2D eigenvalue weighted by molar-refractivity contribution is 0.0384. The molecular formula is C35H39N5O4. The van der Waals surface area contributed by atoms with Gasteiger partial charge in [0.2, 0.25) is 11.8 Å². The number of rotatable bonds is 9. The summed E-state index contributed by atoms with van der Waals surface area (Å²) in [6, 6.07) is 28.1. The molecule has 1 atom stereocenters. The number of ether oxygens (including phenoxy) is 3. The fourth-order valence-electron chi connectivity index (χ4n) is 5.55. The first kappa shape index (κ1) is 29.4. The number of pyridine rings is 2. The summed E-state index contributed by atoms with van der Waals surface area (Å²) in [7, 11) is 0. The third kappa shape index (κ3) is 7.47. The highest BCUT2D eigenvalue weighted by atomic mass is 16.6. The van der Waals surface area contributed by atoms with Gasteiger partial charge in [-0.05, 0) is 36.2 Å². The number of nitrogens with one attached hydrogen (secondary N) is 1. The highest BCUT2D eigenvalue weighted by Crippen LogP contribution is 2.32. The zero-order chi connectivity index (χ0) is 30.1. The number of aromatic nitrogens is 2. The first-order chi connectivity index (χ1) is 21.6. The van der Waals surface area contributed by atoms with Gasteiger partial charge in [0.15, 0.2) is 0 Å². The molecular weight excluding hydrogens is 554 g/mol. The molecule has 0 aliphatic carbocycles. The Kier molecular flexibility index (Phi) is 9.52. The zero-order valence-electron chi connectivity index (χ0n) is 25.1. The van der Waals surface area contributed by atoms with Crippen molar-refractivity contribution in [3.05, 3.63) is 102 Å². The Morgan fingerprint density at radius 2 is 1.57 bits per heavy atom. The Morgan fingerprint density at radius 3 is 2.23 bits per heavy atom. The van der Waals surface area contributed by atoms with Crippen molar-refractivity contribution < 1.29 is 19.0 Å². The van der Waals surface area contributed by atoms with E-state index in [0.29, 0.717) is 31.5 Å². The van der Waals surface area contributed by atoms with Crippen LogP contribution in [0.15, 0.2) is 91.1 Å². The Hall–Kier alpha value is -4.63. The number of nitrogens with zero attached hydrogens (tertiary/aromatic N) is 4. The van der Waals surface area contributed by atoms with E-state index in [1.54, 1.807) is 0 Å². The summed E-state index contributed by atoms with van der Waals surface area (Å²) < 4.78 is 18.1. The molecule has 2 aromatic carbocycles. The quantitative estimate of drug-likeness (QED) is 0.264. The molecule has 0 radical (unpaired) electrons. The van der Waals surface area contributed by atoms with E-state index in [-0.39, 0.29) is 18.2 Å². The average molecular weight is 594 g/mol. The first-order valence-electron chi connectivity index (χ1n) is 15.4. The second-order valence-corrected chi connectivity index (χ2v) is 11.3. The molecule has 4 aromatic rings. The summed E-state index contributed by atoms with van der Waals surface area (Å²) in [5, 5.41) is 3.31. The number of benzene rings is 2. The van der Waals surface area contributed by atoms with Crippen LogP contribution in [0.5, 0.6) is 11.8 Å². The lowest BCUT2D eigenvalue weighted by Crippen LogP contribution is -2.53. The number of carbonyl (C=O) groups excluding carboxylic acids is 1. The highest BCUT2D eigenvalue weighted by molar-refractivity contribution is 5.69. The molecule has 1 amide bonds. The summed E-state index contributed by atoms with van der Waals surface area (Å²) in [5.74, 6) is 0.966. The molecule has 6 rings (SSSR count). The predicted molar refractivity (Wildman–Crippen MR) is 170 cm³/mol. The first-order valence-corrected chi connectivity index (χ1v) is 15.4. The molecule has 4 heterocycles. The van der Waals surface area contributed by atoms with Crippen molar-refractivity contribution in [1.82, 2.24) is 20.2 Å². The molecule has 2 aliphatic rings. The smallest absolute Gasteiger partial charge is 0.410 e. The Morgan fingerprint density at radius 1 is 0.864 bits per heavy atom. The van der Waals surface area contributed by atoms with Crippen LogP contribution in [0.4, 0.5) is 10.5 Å². The van der Waals surface area contributed by atoms with Gasteiger partial charge in [0.1, 0.15) is 19.3 Å². The van der Waals surface area contributed by atoms with Gasteiger partial charge in [-0.3, -0.25) is 4.98 Å². The number of carbonyl (C=O) groups is 1. The van der Waals surface area contributed by atoms with Crippen molar-refractivity contribution in [3.8, 4) is 23.0 Å². The fraction of sp³-hybridized carbons (Fsp3) is 0.343. The van der Waals surface area contributed by atoms with E-state index in [4.69, 9.17) is 24.2 Å². The van der Waals surface area contributed by atoms with Gasteiger partial charge in [-0.15, -0.1) is 0 Å². The summed E-state index contributed by atoms with van der Waals surface area (Å²) in [6.45, 7) is 6.76. The summed E-state index contributed by atoms with van der Waals surface area (Å²) in [6.07, 6.45) is 3.22. The molecule has 2 aromatic heterocycles. The molecule has 0 spiro atoms. The van der Waals surface area contributed by atoms with E-state index in [0.717, 1.165) is 67.1 Å². The number of hydrogen-bond acceptors (Lipinski definition) is 8. The summed E-state index contributed by atoms with van der Waals surface area (Å²) in [4.78, 5) is 26.4. The molecule has 2 saturated heterocycles. The average Bonchev–Trinajstić information content (AvgIpc) is 3.08. The van der Waals surface area contributed by atoms with Crippen molar-refractivity contribution in [1.29, 1.82) is 0 Å². The molecule has 2 fully saturated rings. The van der Waals surface area contributed by atoms with Gasteiger partial charge in [0, 0.05) is 57.7 Å². The summed E-state index contributed by atoms with van der Waals surface area (Å²) in [5.41, 5.74) is 4.73. The zero-order valence-corrected chi connectivity index (χ0v) is 25.1. The minimum absolute atomic E-state index is 0.0638. The molecule has 9 heteroatoms. The van der Waals surface area contributed by atoms with Crippen LogP contribution in [0.3, 0.4) is 0 Å². The Balaban J connectivity index is 1.10. The molecule has 1 unspecified atom stereocenters. The number of amides is 1. The normalized spacial score (nSPS) is 17.2. The van der Waals surface area contributed by atoms with Crippen molar-refractivity contribution >= 4 is 11.8 Å². The molecule has 2 aliphatic heterocycles. The number of piperazine rings is 1. The molecule has 1 N–H and O–H groups in total. The van der Waals surface area contributed by atoms with E-state index < -0.39 is 0 Å². The van der Waals surface area contributed by atoms with Gasteiger partial charge >= 0.3 is 6.09 Å². The van der Waals surface area contributed by atoms with Crippen LogP contribution in [0.2, 0.25) is 0 Å². The van der Waals surface area contributed by atoms with Gasteiger partial charge in [-0.1, -0.05) is 60.7 Å². The maximum Gasteiger partial charge on any atom is 0.410 e. The van der Waals surface area contributed by atoms with E-state index in [1.807, 2.05) is 90.0 Å². The predicted octanol–water partition coefficient (Wildman–Crippen LogP) is 5.70. The van der Waals surface area contributed by atoms with Crippen LogP contribution >= 0.6 is 0 Å². The van der Waals surface area contributed by atoms with E-state index in [2.05, 4.69) is 23.2 Å². The Labute approximate surface area is 258 Å². The topological polar surface area (TPSA) is 89.1 Å². The van der Waals surface area contributed by atoms with Crippen LogP contribution in [-0.2, 0) is 18.0 Å². The third-order valence-corrected chi connectivity index (χ3v) is 8.12. The van der Waals surface area contributed by atoms with Crippen LogP contribution in [0.25, 0.3) is 11.3 Å². The monoisotopic (exact) mass is 593 g/mol.